The third kappa shape index (κ3) is 6.69. The van der Waals surface area contributed by atoms with Gasteiger partial charge in [-0.1, -0.05) is 93.0 Å². The summed E-state index contributed by atoms with van der Waals surface area (Å²) >= 11 is 0. The number of hydrogen-bond acceptors (Lipinski definition) is 0. The van der Waals surface area contributed by atoms with Crippen molar-refractivity contribution in [2.24, 2.45) is 0 Å². The molecule has 0 aliphatic carbocycles. The van der Waals surface area contributed by atoms with Gasteiger partial charge in [-0.15, -0.1) is 5.92 Å². The van der Waals surface area contributed by atoms with Crippen LogP contribution in [0.1, 0.15) is 61.8 Å². The molecule has 0 aromatic heterocycles. The van der Waals surface area contributed by atoms with Crippen LogP contribution in [-0.4, -0.2) is 0 Å². The predicted molar refractivity (Wildman–Crippen MR) is 129 cm³/mol. The fourth-order valence-corrected chi connectivity index (χ4v) is 3.25. The van der Waals surface area contributed by atoms with Crippen LogP contribution in [0.4, 0.5) is 0 Å². The van der Waals surface area contributed by atoms with Crippen LogP contribution >= 0.6 is 0 Å². The van der Waals surface area contributed by atoms with E-state index >= 15 is 0 Å². The maximum Gasteiger partial charge on any atom is 0.0340 e. The van der Waals surface area contributed by atoms with Gasteiger partial charge in [-0.25, -0.2) is 0 Å². The zero-order valence-electron chi connectivity index (χ0n) is 18.2. The van der Waals surface area contributed by atoms with E-state index < -0.39 is 0 Å². The Hall–Kier alpha value is -3.22. The van der Waals surface area contributed by atoms with Gasteiger partial charge in [-0.2, -0.15) is 0 Å². The van der Waals surface area contributed by atoms with E-state index in [0.717, 1.165) is 30.4 Å². The first-order valence-electron chi connectivity index (χ1n) is 11.0. The molecule has 0 heteroatoms. The van der Waals surface area contributed by atoms with Crippen LogP contribution in [0.5, 0.6) is 0 Å². The molecule has 30 heavy (non-hydrogen) atoms. The molecule has 0 radical (unpaired) electrons. The predicted octanol–water partition coefficient (Wildman–Crippen LogP) is 7.44. The second-order valence-corrected chi connectivity index (χ2v) is 7.56. The molecule has 150 valence electrons. The van der Waals surface area contributed by atoms with Crippen LogP contribution in [0.15, 0.2) is 72.8 Å². The van der Waals surface area contributed by atoms with Crippen molar-refractivity contribution in [1.29, 1.82) is 0 Å². The maximum atomic E-state index is 3.28. The molecular weight excluding hydrogens is 360 g/mol. The topological polar surface area (TPSA) is 0 Å². The molecular formula is C30H30. The minimum Gasteiger partial charge on any atom is -0.103 e. The van der Waals surface area contributed by atoms with Gasteiger partial charge in [0.25, 0.3) is 0 Å². The van der Waals surface area contributed by atoms with Crippen molar-refractivity contribution >= 4 is 0 Å². The zero-order chi connectivity index (χ0) is 21.0. The molecule has 0 spiro atoms. The van der Waals surface area contributed by atoms with Crippen LogP contribution in [0.25, 0.3) is 11.1 Å². The maximum absolute atomic E-state index is 3.28. The Kier molecular flexibility index (Phi) is 8.38. The molecule has 0 saturated carbocycles. The summed E-state index contributed by atoms with van der Waals surface area (Å²) in [4.78, 5) is 0. The monoisotopic (exact) mass is 390 g/mol. The second-order valence-electron chi connectivity index (χ2n) is 7.56. The lowest BCUT2D eigenvalue weighted by molar-refractivity contribution is 0.737. The van der Waals surface area contributed by atoms with Gasteiger partial charge in [-0.05, 0) is 59.4 Å². The van der Waals surface area contributed by atoms with E-state index in [-0.39, 0.29) is 0 Å². The van der Waals surface area contributed by atoms with Crippen molar-refractivity contribution < 1.29 is 0 Å². The summed E-state index contributed by atoms with van der Waals surface area (Å²) in [6.07, 6.45) is 6.64. The zero-order valence-corrected chi connectivity index (χ0v) is 18.2. The summed E-state index contributed by atoms with van der Waals surface area (Å²) in [7, 11) is 0. The standard InChI is InChI=1S/C30H30/c1-3-5-6-7-8-9-10-26-11-13-27(14-12-26)15-16-28-19-23-30(24-20-28)29-21-17-25(4-2)18-22-29/h11-14,17-24H,3-7,10H2,1-2H3. The van der Waals surface area contributed by atoms with Crippen LogP contribution in [0.2, 0.25) is 0 Å². The summed E-state index contributed by atoms with van der Waals surface area (Å²) in [6, 6.07) is 25.7. The average Bonchev–Trinajstić information content (AvgIpc) is 2.81. The highest BCUT2D eigenvalue weighted by molar-refractivity contribution is 5.64. The molecule has 0 saturated heterocycles. The normalized spacial score (nSPS) is 9.93. The van der Waals surface area contributed by atoms with E-state index in [9.17, 15) is 0 Å². The van der Waals surface area contributed by atoms with E-state index in [1.54, 1.807) is 0 Å². The third-order valence-electron chi connectivity index (χ3n) is 5.21. The van der Waals surface area contributed by atoms with Crippen LogP contribution in [-0.2, 0) is 12.8 Å². The lowest BCUT2D eigenvalue weighted by Gasteiger charge is -2.03. The Bertz CT molecular complexity index is 1030. The first-order valence-corrected chi connectivity index (χ1v) is 11.0. The van der Waals surface area contributed by atoms with Gasteiger partial charge in [-0.3, -0.25) is 0 Å². The summed E-state index contributed by atoms with van der Waals surface area (Å²) < 4.78 is 0. The summed E-state index contributed by atoms with van der Waals surface area (Å²) in [5, 5.41) is 0. The van der Waals surface area contributed by atoms with Gasteiger partial charge in [0.05, 0.1) is 0 Å². The third-order valence-corrected chi connectivity index (χ3v) is 5.21. The Morgan fingerprint density at radius 2 is 1.10 bits per heavy atom. The fourth-order valence-electron chi connectivity index (χ4n) is 3.25. The van der Waals surface area contributed by atoms with Gasteiger partial charge >= 0.3 is 0 Å². The SMILES string of the molecule is CCCCCC#CCc1ccc(C#Cc2ccc(-c3ccc(CC)cc3)cc2)cc1. The Labute approximate surface area is 182 Å². The number of unbranched alkanes of at least 4 members (excludes halogenated alkanes) is 3. The first-order chi connectivity index (χ1) is 14.8. The van der Waals surface area contributed by atoms with Crippen molar-refractivity contribution in [2.45, 2.75) is 52.4 Å². The van der Waals surface area contributed by atoms with Gasteiger partial charge in [0.1, 0.15) is 0 Å². The quantitative estimate of drug-likeness (QED) is 0.303. The van der Waals surface area contributed by atoms with Crippen molar-refractivity contribution in [3.8, 4) is 34.8 Å². The smallest absolute Gasteiger partial charge is 0.0340 e. The molecule has 3 aromatic carbocycles. The molecule has 0 bridgehead atoms. The highest BCUT2D eigenvalue weighted by atomic mass is 14.0. The highest BCUT2D eigenvalue weighted by Gasteiger charge is 1.98. The van der Waals surface area contributed by atoms with E-state index in [2.05, 4.69) is 110 Å². The molecule has 0 amide bonds. The van der Waals surface area contributed by atoms with E-state index in [0.29, 0.717) is 0 Å². The van der Waals surface area contributed by atoms with Crippen molar-refractivity contribution in [3.05, 3.63) is 95.1 Å². The summed E-state index contributed by atoms with van der Waals surface area (Å²) in [5.74, 6) is 13.1. The molecule has 0 unspecified atom stereocenters. The Balaban J connectivity index is 1.57. The van der Waals surface area contributed by atoms with Gasteiger partial charge in [0, 0.05) is 24.0 Å². The average molecular weight is 391 g/mol. The molecule has 0 aliphatic heterocycles. The molecule has 0 atom stereocenters. The van der Waals surface area contributed by atoms with Crippen LogP contribution in [0.3, 0.4) is 0 Å². The minimum atomic E-state index is 0.820. The molecule has 0 heterocycles. The van der Waals surface area contributed by atoms with Crippen LogP contribution in [0, 0.1) is 23.7 Å². The van der Waals surface area contributed by atoms with Gasteiger partial charge in [0.2, 0.25) is 0 Å². The molecule has 3 rings (SSSR count). The van der Waals surface area contributed by atoms with E-state index in [4.69, 9.17) is 0 Å². The van der Waals surface area contributed by atoms with Crippen molar-refractivity contribution in [3.63, 3.8) is 0 Å². The fraction of sp³-hybridized carbons (Fsp3) is 0.267. The Morgan fingerprint density at radius 1 is 0.567 bits per heavy atom. The highest BCUT2D eigenvalue weighted by Crippen LogP contribution is 2.20. The summed E-state index contributed by atoms with van der Waals surface area (Å²) in [6.45, 7) is 4.40. The lowest BCUT2D eigenvalue weighted by Crippen LogP contribution is -1.83. The first kappa shape index (κ1) is 21.5. The Morgan fingerprint density at radius 3 is 1.67 bits per heavy atom. The minimum absolute atomic E-state index is 0.820. The number of hydrogen-bond donors (Lipinski definition) is 0. The van der Waals surface area contributed by atoms with E-state index in [1.165, 1.54) is 41.5 Å². The van der Waals surface area contributed by atoms with E-state index in [1.807, 2.05) is 0 Å². The molecule has 0 N–H and O–H groups in total. The molecule has 0 nitrogen and oxygen atoms in total. The van der Waals surface area contributed by atoms with Gasteiger partial charge in [0.15, 0.2) is 0 Å². The molecule has 0 fully saturated rings. The second kappa shape index (κ2) is 11.7. The van der Waals surface area contributed by atoms with Crippen molar-refractivity contribution in [2.75, 3.05) is 0 Å². The lowest BCUT2D eigenvalue weighted by atomic mass is 10.0. The number of rotatable bonds is 6. The van der Waals surface area contributed by atoms with Crippen molar-refractivity contribution in [1.82, 2.24) is 0 Å². The molecule has 3 aromatic rings. The van der Waals surface area contributed by atoms with Crippen LogP contribution < -0.4 is 0 Å². The largest absolute Gasteiger partial charge is 0.103 e. The van der Waals surface area contributed by atoms with Gasteiger partial charge < -0.3 is 0 Å². The summed E-state index contributed by atoms with van der Waals surface area (Å²) in [5.41, 5.74) is 7.16. The number of benzene rings is 3. The number of aryl methyl sites for hydroxylation is 1. The molecule has 0 aliphatic rings.